The highest BCUT2D eigenvalue weighted by Gasteiger charge is 2.07. The average Bonchev–Trinajstić information content (AvgIpc) is 2.60. The van der Waals surface area contributed by atoms with E-state index in [1.807, 2.05) is 36.2 Å². The molecule has 0 atom stereocenters. The molecule has 0 bridgehead atoms. The summed E-state index contributed by atoms with van der Waals surface area (Å²) in [4.78, 5) is 24.1. The lowest BCUT2D eigenvalue weighted by Gasteiger charge is -2.17. The Morgan fingerprint density at radius 2 is 1.79 bits per heavy atom. The van der Waals surface area contributed by atoms with Gasteiger partial charge in [-0.25, -0.2) is 0 Å². The maximum atomic E-state index is 12.1. The molecule has 6 heteroatoms. The van der Waals surface area contributed by atoms with E-state index in [-0.39, 0.29) is 18.1 Å². The Kier molecular flexibility index (Phi) is 5.81. The third-order valence-electron chi connectivity index (χ3n) is 3.56. The molecule has 0 aromatic heterocycles. The first kappa shape index (κ1) is 17.4. The minimum atomic E-state index is -0.501. The lowest BCUT2D eigenvalue weighted by atomic mass is 10.1. The Labute approximate surface area is 139 Å². The summed E-state index contributed by atoms with van der Waals surface area (Å²) in [5, 5.41) is 19.5. The molecular formula is C18H18N2O4. The van der Waals surface area contributed by atoms with Crippen LogP contribution >= 0.6 is 0 Å². The monoisotopic (exact) mass is 326 g/mol. The number of carbonyl (C=O) groups excluding carboxylic acids is 1. The van der Waals surface area contributed by atoms with Crippen LogP contribution in [0.1, 0.15) is 15.9 Å². The molecule has 0 saturated carbocycles. The van der Waals surface area contributed by atoms with E-state index in [2.05, 4.69) is 0 Å². The van der Waals surface area contributed by atoms with Crippen LogP contribution in [0.2, 0.25) is 0 Å². The number of hydrogen-bond donors (Lipinski definition) is 1. The highest BCUT2D eigenvalue weighted by molar-refractivity contribution is 6.06. The van der Waals surface area contributed by atoms with Crippen LogP contribution in [0, 0.1) is 10.1 Å². The van der Waals surface area contributed by atoms with E-state index in [1.54, 1.807) is 6.08 Å². The average molecular weight is 326 g/mol. The number of allylic oxidation sites excluding steroid dienone is 1. The van der Waals surface area contributed by atoms with Crippen LogP contribution < -0.4 is 4.90 Å². The van der Waals surface area contributed by atoms with Gasteiger partial charge in [0.05, 0.1) is 11.5 Å². The number of carbonyl (C=O) groups is 1. The van der Waals surface area contributed by atoms with Crippen LogP contribution in [0.3, 0.4) is 0 Å². The molecule has 124 valence electrons. The number of nitro groups is 1. The second-order valence-electron chi connectivity index (χ2n) is 5.24. The van der Waals surface area contributed by atoms with Crippen molar-refractivity contribution >= 4 is 23.2 Å². The Morgan fingerprint density at radius 3 is 2.33 bits per heavy atom. The van der Waals surface area contributed by atoms with Crippen molar-refractivity contribution in [2.24, 2.45) is 0 Å². The molecule has 0 radical (unpaired) electrons. The number of benzene rings is 2. The molecule has 0 saturated heterocycles. The van der Waals surface area contributed by atoms with E-state index in [0.29, 0.717) is 12.1 Å². The number of nitro benzene ring substituents is 1. The number of hydrogen-bond acceptors (Lipinski definition) is 5. The summed E-state index contributed by atoms with van der Waals surface area (Å²) in [6.45, 7) is 0.635. The maximum absolute atomic E-state index is 12.1. The van der Waals surface area contributed by atoms with E-state index in [4.69, 9.17) is 5.11 Å². The number of anilines is 1. The van der Waals surface area contributed by atoms with Crippen molar-refractivity contribution in [3.05, 3.63) is 75.8 Å². The summed E-state index contributed by atoms with van der Waals surface area (Å²) in [7, 11) is 1.89. The van der Waals surface area contributed by atoms with Crippen molar-refractivity contribution in [1.82, 2.24) is 0 Å². The van der Waals surface area contributed by atoms with Gasteiger partial charge in [0.2, 0.25) is 0 Å². The van der Waals surface area contributed by atoms with Gasteiger partial charge in [0.1, 0.15) is 0 Å². The van der Waals surface area contributed by atoms with Gasteiger partial charge in [0.25, 0.3) is 5.69 Å². The molecular weight excluding hydrogens is 308 g/mol. The fourth-order valence-electron chi connectivity index (χ4n) is 2.13. The zero-order valence-electron chi connectivity index (χ0n) is 13.3. The van der Waals surface area contributed by atoms with Crippen molar-refractivity contribution in [1.29, 1.82) is 0 Å². The summed E-state index contributed by atoms with van der Waals surface area (Å²) in [5.41, 5.74) is 2.20. The fraction of sp³-hybridized carbons (Fsp3) is 0.167. The number of aliphatic hydroxyl groups is 1. The molecule has 1 N–H and O–H groups in total. The van der Waals surface area contributed by atoms with Crippen LogP contribution in [0.25, 0.3) is 6.08 Å². The molecule has 0 heterocycles. The van der Waals surface area contributed by atoms with Gasteiger partial charge >= 0.3 is 0 Å². The van der Waals surface area contributed by atoms with Crippen molar-refractivity contribution < 1.29 is 14.8 Å². The van der Waals surface area contributed by atoms with Gasteiger partial charge in [-0.3, -0.25) is 14.9 Å². The third-order valence-corrected chi connectivity index (χ3v) is 3.56. The second-order valence-corrected chi connectivity index (χ2v) is 5.24. The van der Waals surface area contributed by atoms with Gasteiger partial charge in [-0.1, -0.05) is 18.2 Å². The van der Waals surface area contributed by atoms with Crippen LogP contribution in [-0.2, 0) is 0 Å². The van der Waals surface area contributed by atoms with E-state index >= 15 is 0 Å². The Morgan fingerprint density at radius 1 is 1.17 bits per heavy atom. The first-order valence-electron chi connectivity index (χ1n) is 7.40. The summed E-state index contributed by atoms with van der Waals surface area (Å²) in [5.74, 6) is -0.216. The van der Waals surface area contributed by atoms with Gasteiger partial charge in [-0.05, 0) is 35.9 Å². The molecule has 0 aliphatic carbocycles. The van der Waals surface area contributed by atoms with Crippen molar-refractivity contribution in [2.45, 2.75) is 0 Å². The summed E-state index contributed by atoms with van der Waals surface area (Å²) < 4.78 is 0. The standard InChI is InChI=1S/C18H18N2O4/c1-19(12-13-21)16-7-2-14(3-8-16)4-11-18(22)15-5-9-17(10-6-15)20(23)24/h2-11,21H,12-13H2,1H3/b11-4+. The lowest BCUT2D eigenvalue weighted by molar-refractivity contribution is -0.384. The van der Waals surface area contributed by atoms with Crippen LogP contribution in [0.15, 0.2) is 54.6 Å². The summed E-state index contributed by atoms with van der Waals surface area (Å²) in [6.07, 6.45) is 3.13. The molecule has 24 heavy (non-hydrogen) atoms. The number of aliphatic hydroxyl groups excluding tert-OH is 1. The largest absolute Gasteiger partial charge is 0.395 e. The topological polar surface area (TPSA) is 83.7 Å². The summed E-state index contributed by atoms with van der Waals surface area (Å²) in [6, 6.07) is 13.1. The lowest BCUT2D eigenvalue weighted by Crippen LogP contribution is -2.20. The van der Waals surface area contributed by atoms with Crippen LogP contribution in [0.4, 0.5) is 11.4 Å². The number of ketones is 1. The maximum Gasteiger partial charge on any atom is 0.269 e. The van der Waals surface area contributed by atoms with Gasteiger partial charge in [0, 0.05) is 37.0 Å². The van der Waals surface area contributed by atoms with E-state index in [9.17, 15) is 14.9 Å². The highest BCUT2D eigenvalue weighted by atomic mass is 16.6. The highest BCUT2D eigenvalue weighted by Crippen LogP contribution is 2.16. The van der Waals surface area contributed by atoms with Crippen LogP contribution in [-0.4, -0.2) is 36.0 Å². The van der Waals surface area contributed by atoms with Gasteiger partial charge < -0.3 is 10.0 Å². The zero-order valence-corrected chi connectivity index (χ0v) is 13.3. The summed E-state index contributed by atoms with van der Waals surface area (Å²) >= 11 is 0. The van der Waals surface area contributed by atoms with Crippen molar-refractivity contribution in [2.75, 3.05) is 25.1 Å². The molecule has 0 amide bonds. The molecule has 2 rings (SSSR count). The molecule has 0 spiro atoms. The molecule has 2 aromatic carbocycles. The molecule has 0 aliphatic heterocycles. The minimum Gasteiger partial charge on any atom is -0.395 e. The minimum absolute atomic E-state index is 0.0434. The quantitative estimate of drug-likeness (QED) is 0.366. The fourth-order valence-corrected chi connectivity index (χ4v) is 2.13. The van der Waals surface area contributed by atoms with Crippen molar-refractivity contribution in [3.8, 4) is 0 Å². The van der Waals surface area contributed by atoms with Crippen molar-refractivity contribution in [3.63, 3.8) is 0 Å². The Balaban J connectivity index is 2.04. The third kappa shape index (κ3) is 4.50. The molecule has 0 aliphatic rings. The molecule has 6 nitrogen and oxygen atoms in total. The first-order valence-corrected chi connectivity index (χ1v) is 7.40. The zero-order chi connectivity index (χ0) is 17.5. The number of nitrogens with zero attached hydrogens (tertiary/aromatic N) is 2. The second kappa shape index (κ2) is 8.03. The molecule has 0 fully saturated rings. The van der Waals surface area contributed by atoms with Crippen LogP contribution in [0.5, 0.6) is 0 Å². The Bertz CT molecular complexity index is 737. The number of likely N-dealkylation sites (N-methyl/N-ethyl adjacent to an activating group) is 1. The number of rotatable bonds is 7. The number of non-ortho nitro benzene ring substituents is 1. The Hall–Kier alpha value is -2.99. The first-order chi connectivity index (χ1) is 11.5. The van der Waals surface area contributed by atoms with E-state index < -0.39 is 4.92 Å². The van der Waals surface area contributed by atoms with E-state index in [1.165, 1.54) is 30.3 Å². The normalized spacial score (nSPS) is 10.8. The van der Waals surface area contributed by atoms with Gasteiger partial charge in [-0.2, -0.15) is 0 Å². The SMILES string of the molecule is CN(CCO)c1ccc(/C=C/C(=O)c2ccc([N+](=O)[O-])cc2)cc1. The predicted molar refractivity (Wildman–Crippen MR) is 93.3 cm³/mol. The smallest absolute Gasteiger partial charge is 0.269 e. The predicted octanol–water partition coefficient (Wildman–Crippen LogP) is 2.92. The van der Waals surface area contributed by atoms with Gasteiger partial charge in [0.15, 0.2) is 5.78 Å². The molecule has 2 aromatic rings. The van der Waals surface area contributed by atoms with E-state index in [0.717, 1.165) is 11.3 Å². The van der Waals surface area contributed by atoms with Gasteiger partial charge in [-0.15, -0.1) is 0 Å². The molecule has 0 unspecified atom stereocenters.